The summed E-state index contributed by atoms with van der Waals surface area (Å²) in [5.74, 6) is 0.653. The molecule has 2 aliphatic carbocycles. The van der Waals surface area contributed by atoms with Crippen molar-refractivity contribution in [1.82, 2.24) is 4.90 Å². The summed E-state index contributed by atoms with van der Waals surface area (Å²) >= 11 is 0. The number of hydrogen-bond donors (Lipinski definition) is 0. The van der Waals surface area contributed by atoms with E-state index in [0.717, 1.165) is 50.9 Å². The van der Waals surface area contributed by atoms with E-state index in [9.17, 15) is 9.18 Å². The van der Waals surface area contributed by atoms with Gasteiger partial charge in [0.15, 0.2) is 0 Å². The number of hydrogen-bond acceptors (Lipinski definition) is 3. The van der Waals surface area contributed by atoms with E-state index in [1.807, 2.05) is 12.1 Å². The third kappa shape index (κ3) is 3.53. The van der Waals surface area contributed by atoms with Gasteiger partial charge in [-0.3, -0.25) is 9.69 Å². The lowest BCUT2D eigenvalue weighted by Crippen LogP contribution is -2.46. The number of nitrogens with zero attached hydrogens (tertiary/aromatic N) is 1. The van der Waals surface area contributed by atoms with Gasteiger partial charge >= 0.3 is 5.97 Å². The minimum absolute atomic E-state index is 0.00571. The van der Waals surface area contributed by atoms with Gasteiger partial charge in [-0.1, -0.05) is 37.3 Å². The van der Waals surface area contributed by atoms with Crippen LogP contribution >= 0.6 is 0 Å². The van der Waals surface area contributed by atoms with Crippen LogP contribution in [0.15, 0.2) is 42.5 Å². The Morgan fingerprint density at radius 3 is 2.80 bits per heavy atom. The third-order valence-corrected chi connectivity index (χ3v) is 8.28. The second-order valence-electron chi connectivity index (χ2n) is 10.1. The molecule has 2 aliphatic heterocycles. The van der Waals surface area contributed by atoms with Gasteiger partial charge in [-0.05, 0) is 73.1 Å². The Hall–Kier alpha value is -1.94. The second-order valence-corrected chi connectivity index (χ2v) is 10.1. The van der Waals surface area contributed by atoms with Crippen LogP contribution in [0, 0.1) is 29.0 Å². The van der Waals surface area contributed by atoms with Gasteiger partial charge in [0.2, 0.25) is 0 Å². The van der Waals surface area contributed by atoms with E-state index in [0.29, 0.717) is 11.8 Å². The van der Waals surface area contributed by atoms with Crippen molar-refractivity contribution in [3.63, 3.8) is 0 Å². The van der Waals surface area contributed by atoms with E-state index < -0.39 is 0 Å². The van der Waals surface area contributed by atoms with Crippen LogP contribution < -0.4 is 0 Å². The van der Waals surface area contributed by atoms with E-state index in [1.165, 1.54) is 36.1 Å². The zero-order valence-corrected chi connectivity index (χ0v) is 17.9. The standard InChI is InChI=1S/C26H32FNO2/c1-17-4-3-11-26(2)15-24-21(14-23(17)26)22(25(29)30-24)16-28-12-9-19(10-13-28)18-5-7-20(27)8-6-18/h5-9,21-24H,1,3-4,10-16H2,2H3/t21-,22?,23+,24-,26-/m1/s1. The molecule has 2 heterocycles. The molecule has 0 bridgehead atoms. The second kappa shape index (κ2) is 7.64. The molecule has 4 heteroatoms. The molecule has 160 valence electrons. The predicted octanol–water partition coefficient (Wildman–Crippen LogP) is 5.23. The number of rotatable bonds is 3. The Balaban J connectivity index is 1.26. The molecule has 0 amide bonds. The van der Waals surface area contributed by atoms with Crippen LogP contribution in [0.25, 0.3) is 5.57 Å². The highest BCUT2D eigenvalue weighted by molar-refractivity contribution is 5.76. The summed E-state index contributed by atoms with van der Waals surface area (Å²) in [5, 5.41) is 0. The fraction of sp³-hybridized carbons (Fsp3) is 0.577. The Bertz CT molecular complexity index is 876. The molecule has 1 unspecified atom stereocenters. The number of fused-ring (bicyclic) bond motifs is 2. The fourth-order valence-electron chi connectivity index (χ4n) is 6.55. The normalized spacial score (nSPS) is 36.7. The molecule has 2 saturated carbocycles. The van der Waals surface area contributed by atoms with Crippen LogP contribution in [0.2, 0.25) is 0 Å². The highest BCUT2D eigenvalue weighted by Crippen LogP contribution is 2.57. The van der Waals surface area contributed by atoms with E-state index in [-0.39, 0.29) is 29.2 Å². The number of halogens is 1. The Labute approximate surface area is 179 Å². The highest BCUT2D eigenvalue weighted by atomic mass is 19.1. The molecule has 0 N–H and O–H groups in total. The first kappa shape index (κ1) is 20.0. The molecule has 0 radical (unpaired) electrons. The fourth-order valence-corrected chi connectivity index (χ4v) is 6.55. The molecule has 3 nitrogen and oxygen atoms in total. The van der Waals surface area contributed by atoms with Gasteiger partial charge in [-0.25, -0.2) is 4.39 Å². The Morgan fingerprint density at radius 2 is 2.07 bits per heavy atom. The molecule has 30 heavy (non-hydrogen) atoms. The number of carbonyl (C=O) groups excluding carboxylic acids is 1. The summed E-state index contributed by atoms with van der Waals surface area (Å²) in [4.78, 5) is 15.2. The van der Waals surface area contributed by atoms with Crippen LogP contribution in [0.1, 0.15) is 51.0 Å². The van der Waals surface area contributed by atoms with Crippen LogP contribution in [0.4, 0.5) is 4.39 Å². The number of esters is 1. The van der Waals surface area contributed by atoms with Gasteiger partial charge in [-0.15, -0.1) is 0 Å². The minimum atomic E-state index is -0.199. The van der Waals surface area contributed by atoms with E-state index in [4.69, 9.17) is 4.74 Å². The summed E-state index contributed by atoms with van der Waals surface area (Å²) in [6.45, 7) is 9.32. The number of carbonyl (C=O) groups is 1. The van der Waals surface area contributed by atoms with Gasteiger partial charge in [0.25, 0.3) is 0 Å². The van der Waals surface area contributed by atoms with Crippen molar-refractivity contribution in [1.29, 1.82) is 0 Å². The lowest BCUT2D eigenvalue weighted by atomic mass is 9.55. The van der Waals surface area contributed by atoms with Gasteiger partial charge in [-0.2, -0.15) is 0 Å². The van der Waals surface area contributed by atoms with Crippen LogP contribution in [-0.4, -0.2) is 36.6 Å². The lowest BCUT2D eigenvalue weighted by molar-refractivity contribution is -0.146. The van der Waals surface area contributed by atoms with E-state index in [2.05, 4.69) is 24.5 Å². The van der Waals surface area contributed by atoms with Gasteiger partial charge in [0, 0.05) is 25.6 Å². The Kier molecular flexibility index (Phi) is 5.09. The first-order valence-electron chi connectivity index (χ1n) is 11.5. The van der Waals surface area contributed by atoms with Crippen LogP contribution in [0.5, 0.6) is 0 Å². The molecule has 3 fully saturated rings. The predicted molar refractivity (Wildman–Crippen MR) is 116 cm³/mol. The molecule has 5 rings (SSSR count). The average molecular weight is 410 g/mol. The van der Waals surface area contributed by atoms with Crippen molar-refractivity contribution >= 4 is 11.5 Å². The average Bonchev–Trinajstić information content (AvgIpc) is 3.01. The van der Waals surface area contributed by atoms with Crippen molar-refractivity contribution in [2.24, 2.45) is 23.2 Å². The van der Waals surface area contributed by atoms with Crippen molar-refractivity contribution in [3.05, 3.63) is 53.9 Å². The smallest absolute Gasteiger partial charge is 0.310 e. The number of benzene rings is 1. The molecule has 1 aromatic carbocycles. The van der Waals surface area contributed by atoms with Crippen molar-refractivity contribution in [2.75, 3.05) is 19.6 Å². The molecular weight excluding hydrogens is 377 g/mol. The van der Waals surface area contributed by atoms with Crippen molar-refractivity contribution in [3.8, 4) is 0 Å². The monoisotopic (exact) mass is 409 g/mol. The van der Waals surface area contributed by atoms with Gasteiger partial charge < -0.3 is 4.74 Å². The number of allylic oxidation sites excluding steroid dienone is 1. The topological polar surface area (TPSA) is 29.5 Å². The zero-order chi connectivity index (χ0) is 20.9. The largest absolute Gasteiger partial charge is 0.462 e. The summed E-state index contributed by atoms with van der Waals surface area (Å²) in [6, 6.07) is 6.75. The SMILES string of the molecule is C=C1CCC[C@]2(C)C[C@H]3OC(=O)C(CN4CC=C(c5ccc(F)cc5)CC4)[C@H]3C[C@@H]12. The molecule has 1 saturated heterocycles. The quantitative estimate of drug-likeness (QED) is 0.506. The first-order chi connectivity index (χ1) is 14.4. The van der Waals surface area contributed by atoms with E-state index >= 15 is 0 Å². The molecule has 1 aromatic rings. The highest BCUT2D eigenvalue weighted by Gasteiger charge is 2.55. The zero-order valence-electron chi connectivity index (χ0n) is 17.9. The van der Waals surface area contributed by atoms with Crippen molar-refractivity contribution < 1.29 is 13.9 Å². The van der Waals surface area contributed by atoms with Gasteiger partial charge in [0.1, 0.15) is 11.9 Å². The minimum Gasteiger partial charge on any atom is -0.462 e. The maximum Gasteiger partial charge on any atom is 0.310 e. The van der Waals surface area contributed by atoms with E-state index in [1.54, 1.807) is 0 Å². The maximum atomic E-state index is 13.2. The summed E-state index contributed by atoms with van der Waals surface area (Å²) < 4.78 is 19.1. The molecular formula is C26H32FNO2. The number of ether oxygens (including phenoxy) is 1. The Morgan fingerprint density at radius 1 is 1.27 bits per heavy atom. The summed E-state index contributed by atoms with van der Waals surface area (Å²) in [6.07, 6.45) is 8.89. The van der Waals surface area contributed by atoms with Gasteiger partial charge in [0.05, 0.1) is 5.92 Å². The molecule has 0 aromatic heterocycles. The lowest BCUT2D eigenvalue weighted by Gasteiger charge is -2.50. The summed E-state index contributed by atoms with van der Waals surface area (Å²) in [5.41, 5.74) is 4.01. The molecule has 0 spiro atoms. The molecule has 4 aliphatic rings. The first-order valence-corrected chi connectivity index (χ1v) is 11.5. The summed E-state index contributed by atoms with van der Waals surface area (Å²) in [7, 11) is 0. The van der Waals surface area contributed by atoms with Crippen molar-refractivity contribution in [2.45, 2.75) is 51.6 Å². The maximum absolute atomic E-state index is 13.2. The molecule has 5 atom stereocenters. The van der Waals surface area contributed by atoms with Crippen LogP contribution in [0.3, 0.4) is 0 Å². The van der Waals surface area contributed by atoms with Crippen LogP contribution in [-0.2, 0) is 9.53 Å². The third-order valence-electron chi connectivity index (χ3n) is 8.28.